The van der Waals surface area contributed by atoms with E-state index in [9.17, 15) is 9.90 Å². The van der Waals surface area contributed by atoms with Crippen LogP contribution in [0.3, 0.4) is 0 Å². The highest BCUT2D eigenvalue weighted by molar-refractivity contribution is 5.75. The summed E-state index contributed by atoms with van der Waals surface area (Å²) in [4.78, 5) is 11.6. The molecule has 0 spiro atoms. The molecule has 1 amide bonds. The van der Waals surface area contributed by atoms with Gasteiger partial charge in [-0.3, -0.25) is 4.79 Å². The Kier molecular flexibility index (Phi) is 15.3. The van der Waals surface area contributed by atoms with Gasteiger partial charge in [-0.15, -0.1) is 0 Å². The molecular weight excluding hydrogens is 266 g/mol. The minimum atomic E-state index is -0.483. The van der Waals surface area contributed by atoms with E-state index in [1.165, 1.54) is 44.9 Å². The van der Waals surface area contributed by atoms with Crippen molar-refractivity contribution in [1.29, 1.82) is 0 Å². The number of carbonyl (C=O) groups is 1. The van der Waals surface area contributed by atoms with Gasteiger partial charge in [-0.05, 0) is 12.8 Å². The Morgan fingerprint density at radius 1 is 1.05 bits per heavy atom. The number of aliphatic hydroxyl groups excluding tert-OH is 1. The summed E-state index contributed by atoms with van der Waals surface area (Å²) in [5.74, 6) is 0.0996. The third kappa shape index (κ3) is 15.6. The molecule has 0 saturated carbocycles. The van der Waals surface area contributed by atoms with Crippen molar-refractivity contribution in [3.63, 3.8) is 0 Å². The molecule has 1 unspecified atom stereocenters. The lowest BCUT2D eigenvalue weighted by Gasteiger charge is -2.10. The predicted molar refractivity (Wildman–Crippen MR) is 87.4 cm³/mol. The number of nitrogens with one attached hydrogen (secondary N) is 1. The number of unbranched alkanes of at least 4 members (excludes halogenated alkanes) is 8. The van der Waals surface area contributed by atoms with Crippen molar-refractivity contribution in [3.05, 3.63) is 0 Å². The molecule has 0 aromatic heterocycles. The maximum Gasteiger partial charge on any atom is 0.219 e. The Labute approximate surface area is 130 Å². The zero-order chi connectivity index (χ0) is 15.8. The number of hydrogen-bond donors (Lipinski definition) is 2. The summed E-state index contributed by atoms with van der Waals surface area (Å²) in [6.45, 7) is 3.10. The van der Waals surface area contributed by atoms with E-state index in [1.54, 1.807) is 7.11 Å². The highest BCUT2D eigenvalue weighted by Gasteiger charge is 2.05. The van der Waals surface area contributed by atoms with Gasteiger partial charge in [-0.2, -0.15) is 0 Å². The largest absolute Gasteiger partial charge is 0.391 e. The maximum atomic E-state index is 11.6. The fourth-order valence-corrected chi connectivity index (χ4v) is 2.34. The van der Waals surface area contributed by atoms with Crippen molar-refractivity contribution in [2.24, 2.45) is 0 Å². The minimum absolute atomic E-state index is 0.0996. The summed E-state index contributed by atoms with van der Waals surface area (Å²) in [6, 6.07) is 0. The minimum Gasteiger partial charge on any atom is -0.391 e. The van der Waals surface area contributed by atoms with Crippen LogP contribution in [0, 0.1) is 0 Å². The standard InChI is InChI=1S/C17H35NO3/c1-3-4-5-6-7-8-9-10-11-12-17(20)18-14-13-16(19)15-21-2/h16,19H,3-15H2,1-2H3,(H,18,20). The lowest BCUT2D eigenvalue weighted by atomic mass is 10.1. The van der Waals surface area contributed by atoms with Crippen LogP contribution >= 0.6 is 0 Å². The molecule has 0 aromatic carbocycles. The number of ether oxygens (including phenoxy) is 1. The van der Waals surface area contributed by atoms with Crippen LogP contribution < -0.4 is 5.32 Å². The van der Waals surface area contributed by atoms with E-state index >= 15 is 0 Å². The SMILES string of the molecule is CCCCCCCCCCCC(=O)NCCC(O)COC. The number of aliphatic hydroxyl groups is 1. The fraction of sp³-hybridized carbons (Fsp3) is 0.941. The van der Waals surface area contributed by atoms with Crippen LogP contribution in [0.5, 0.6) is 0 Å². The maximum absolute atomic E-state index is 11.6. The average Bonchev–Trinajstić information content (AvgIpc) is 2.46. The van der Waals surface area contributed by atoms with Gasteiger partial charge in [-0.25, -0.2) is 0 Å². The van der Waals surface area contributed by atoms with Crippen molar-refractivity contribution in [2.45, 2.75) is 83.7 Å². The van der Waals surface area contributed by atoms with Crippen LogP contribution in [0.2, 0.25) is 0 Å². The second kappa shape index (κ2) is 15.8. The quantitative estimate of drug-likeness (QED) is 0.456. The zero-order valence-corrected chi connectivity index (χ0v) is 14.0. The van der Waals surface area contributed by atoms with E-state index in [0.717, 1.165) is 12.8 Å². The van der Waals surface area contributed by atoms with Gasteiger partial charge in [0.25, 0.3) is 0 Å². The molecule has 0 heterocycles. The number of carbonyl (C=O) groups excluding carboxylic acids is 1. The number of hydrogen-bond acceptors (Lipinski definition) is 3. The first-order valence-electron chi connectivity index (χ1n) is 8.64. The van der Waals surface area contributed by atoms with E-state index in [-0.39, 0.29) is 5.91 Å². The van der Waals surface area contributed by atoms with Gasteiger partial charge < -0.3 is 15.2 Å². The topological polar surface area (TPSA) is 58.6 Å². The zero-order valence-electron chi connectivity index (χ0n) is 14.0. The van der Waals surface area contributed by atoms with Crippen molar-refractivity contribution >= 4 is 5.91 Å². The molecule has 0 saturated heterocycles. The highest BCUT2D eigenvalue weighted by Crippen LogP contribution is 2.10. The van der Waals surface area contributed by atoms with Crippen LogP contribution in [0.15, 0.2) is 0 Å². The van der Waals surface area contributed by atoms with Gasteiger partial charge in [0.05, 0.1) is 12.7 Å². The molecule has 4 heteroatoms. The van der Waals surface area contributed by atoms with Gasteiger partial charge in [-0.1, -0.05) is 58.3 Å². The Morgan fingerprint density at radius 3 is 2.19 bits per heavy atom. The smallest absolute Gasteiger partial charge is 0.219 e. The van der Waals surface area contributed by atoms with Crippen LogP contribution in [-0.4, -0.2) is 37.4 Å². The summed E-state index contributed by atoms with van der Waals surface area (Å²) >= 11 is 0. The number of amides is 1. The summed E-state index contributed by atoms with van der Waals surface area (Å²) in [6.07, 6.45) is 12.1. The molecule has 0 aliphatic heterocycles. The second-order valence-electron chi connectivity index (χ2n) is 5.83. The molecule has 0 aromatic rings. The van der Waals surface area contributed by atoms with E-state index in [2.05, 4.69) is 12.2 Å². The van der Waals surface area contributed by atoms with Crippen LogP contribution in [0.4, 0.5) is 0 Å². The second-order valence-corrected chi connectivity index (χ2v) is 5.83. The van der Waals surface area contributed by atoms with Crippen molar-refractivity contribution in [2.75, 3.05) is 20.3 Å². The van der Waals surface area contributed by atoms with Crippen LogP contribution in [-0.2, 0) is 9.53 Å². The van der Waals surface area contributed by atoms with E-state index in [1.807, 2.05) is 0 Å². The third-order valence-electron chi connectivity index (χ3n) is 3.67. The molecule has 4 nitrogen and oxygen atoms in total. The molecule has 1 atom stereocenters. The lowest BCUT2D eigenvalue weighted by molar-refractivity contribution is -0.121. The average molecular weight is 301 g/mol. The first-order valence-corrected chi connectivity index (χ1v) is 8.64. The molecule has 0 radical (unpaired) electrons. The summed E-state index contributed by atoms with van der Waals surface area (Å²) < 4.78 is 4.83. The van der Waals surface area contributed by atoms with E-state index < -0.39 is 6.10 Å². The van der Waals surface area contributed by atoms with E-state index in [4.69, 9.17) is 4.74 Å². The molecule has 0 fully saturated rings. The van der Waals surface area contributed by atoms with Gasteiger partial charge in [0.1, 0.15) is 0 Å². The summed E-state index contributed by atoms with van der Waals surface area (Å²) in [7, 11) is 1.56. The Balaban J connectivity index is 3.23. The van der Waals surface area contributed by atoms with Gasteiger partial charge in [0, 0.05) is 20.1 Å². The summed E-state index contributed by atoms with van der Waals surface area (Å²) in [5, 5.41) is 12.3. The van der Waals surface area contributed by atoms with Crippen molar-refractivity contribution < 1.29 is 14.6 Å². The molecular formula is C17H35NO3. The van der Waals surface area contributed by atoms with Crippen molar-refractivity contribution in [3.8, 4) is 0 Å². The normalized spacial score (nSPS) is 12.3. The monoisotopic (exact) mass is 301 g/mol. The van der Waals surface area contributed by atoms with Gasteiger partial charge >= 0.3 is 0 Å². The molecule has 126 valence electrons. The van der Waals surface area contributed by atoms with E-state index in [0.29, 0.717) is 26.0 Å². The van der Waals surface area contributed by atoms with Gasteiger partial charge in [0.2, 0.25) is 5.91 Å². The molecule has 0 rings (SSSR count). The first kappa shape index (κ1) is 20.4. The predicted octanol–water partition coefficient (Wildman–Crippen LogP) is 3.42. The van der Waals surface area contributed by atoms with Crippen LogP contribution in [0.1, 0.15) is 77.6 Å². The Hall–Kier alpha value is -0.610. The molecule has 2 N–H and O–H groups in total. The summed E-state index contributed by atoms with van der Waals surface area (Å²) in [5.41, 5.74) is 0. The molecule has 0 aliphatic carbocycles. The van der Waals surface area contributed by atoms with Crippen molar-refractivity contribution in [1.82, 2.24) is 5.32 Å². The molecule has 0 aliphatic rings. The lowest BCUT2D eigenvalue weighted by Crippen LogP contribution is -2.28. The third-order valence-corrected chi connectivity index (χ3v) is 3.67. The first-order chi connectivity index (χ1) is 10.2. The van der Waals surface area contributed by atoms with Crippen LogP contribution in [0.25, 0.3) is 0 Å². The highest BCUT2D eigenvalue weighted by atomic mass is 16.5. The number of methoxy groups -OCH3 is 1. The Bertz CT molecular complexity index is 234. The number of rotatable bonds is 15. The molecule has 0 bridgehead atoms. The Morgan fingerprint density at radius 2 is 1.62 bits per heavy atom. The fourth-order valence-electron chi connectivity index (χ4n) is 2.34. The molecule has 21 heavy (non-hydrogen) atoms. The van der Waals surface area contributed by atoms with Gasteiger partial charge in [0.15, 0.2) is 0 Å².